The molecule has 0 unspecified atom stereocenters. The van der Waals surface area contributed by atoms with Gasteiger partial charge in [0.05, 0.1) is 10.7 Å². The summed E-state index contributed by atoms with van der Waals surface area (Å²) in [5, 5.41) is 10.5. The fraction of sp³-hybridized carbons (Fsp3) is 0.0625. The van der Waals surface area contributed by atoms with Crippen LogP contribution in [0.3, 0.4) is 0 Å². The molecule has 3 N–H and O–H groups in total. The maximum atomic E-state index is 11.0. The molecule has 122 valence electrons. The summed E-state index contributed by atoms with van der Waals surface area (Å²) in [6, 6.07) is 12.8. The lowest BCUT2D eigenvalue weighted by Crippen LogP contribution is -2.36. The van der Waals surface area contributed by atoms with Crippen LogP contribution in [0, 0.1) is 6.92 Å². The summed E-state index contributed by atoms with van der Waals surface area (Å²) in [6.07, 6.45) is -1.30. The van der Waals surface area contributed by atoms with E-state index in [2.05, 4.69) is 9.36 Å². The molecular weight excluding hydrogens is 348 g/mol. The van der Waals surface area contributed by atoms with Crippen LogP contribution in [0.2, 0.25) is 5.02 Å². The van der Waals surface area contributed by atoms with Gasteiger partial charge in [-0.05, 0) is 30.6 Å². The van der Waals surface area contributed by atoms with Gasteiger partial charge in [-0.3, -0.25) is 0 Å². The number of aryl methyl sites for hydroxylation is 1. The first-order valence-electron chi connectivity index (χ1n) is 6.94. The largest absolute Gasteiger partial charge is 0.464 e. The van der Waals surface area contributed by atoms with Gasteiger partial charge < -0.3 is 5.11 Å². The number of carbonyl (C=O) groups is 1. The smallest absolute Gasteiger partial charge is 0.426 e. The van der Waals surface area contributed by atoms with Gasteiger partial charge in [0.15, 0.2) is 5.82 Å². The van der Waals surface area contributed by atoms with E-state index in [-0.39, 0.29) is 10.7 Å². The lowest BCUT2D eigenvalue weighted by molar-refractivity contribution is 0.202. The minimum absolute atomic E-state index is 0.189. The highest BCUT2D eigenvalue weighted by molar-refractivity contribution is 7.09. The Kier molecular flexibility index (Phi) is 4.48. The zero-order valence-electron chi connectivity index (χ0n) is 12.6. The molecule has 2 aromatic carbocycles. The van der Waals surface area contributed by atoms with Crippen molar-refractivity contribution in [2.75, 3.05) is 5.01 Å². The number of nitrogens with two attached hydrogens (primary N) is 1. The number of hydrogen-bond acceptors (Lipinski definition) is 5. The van der Waals surface area contributed by atoms with E-state index in [0.29, 0.717) is 21.4 Å². The monoisotopic (exact) mass is 360 g/mol. The number of benzene rings is 2. The van der Waals surface area contributed by atoms with Crippen molar-refractivity contribution >= 4 is 34.9 Å². The molecule has 8 heteroatoms. The average molecular weight is 361 g/mol. The highest BCUT2D eigenvalue weighted by atomic mass is 35.5. The molecule has 6 nitrogen and oxygen atoms in total. The molecule has 3 rings (SSSR count). The maximum Gasteiger partial charge on any atom is 0.426 e. The SMILES string of the molecule is Cc1ccc(-c2nsc(-c3ccc(Cl)c(N(N)C(=O)O)c3)n2)cc1. The minimum Gasteiger partial charge on any atom is -0.464 e. The number of anilines is 1. The summed E-state index contributed by atoms with van der Waals surface area (Å²) in [7, 11) is 0. The summed E-state index contributed by atoms with van der Waals surface area (Å²) < 4.78 is 4.36. The number of carboxylic acid groups (broad SMARTS) is 1. The quantitative estimate of drug-likeness (QED) is 0.415. The van der Waals surface area contributed by atoms with Crippen LogP contribution in [0.15, 0.2) is 42.5 Å². The summed E-state index contributed by atoms with van der Waals surface area (Å²) in [4.78, 5) is 15.5. The Morgan fingerprint density at radius 2 is 1.88 bits per heavy atom. The molecule has 0 saturated carbocycles. The Bertz CT molecular complexity index is 895. The van der Waals surface area contributed by atoms with Gasteiger partial charge in [0, 0.05) is 11.1 Å². The second kappa shape index (κ2) is 6.56. The van der Waals surface area contributed by atoms with Crippen molar-refractivity contribution in [1.29, 1.82) is 0 Å². The molecular formula is C16H13ClN4O2S. The number of aromatic nitrogens is 2. The zero-order chi connectivity index (χ0) is 17.3. The van der Waals surface area contributed by atoms with Crippen molar-refractivity contribution in [3.05, 3.63) is 53.1 Å². The van der Waals surface area contributed by atoms with Crippen molar-refractivity contribution in [3.63, 3.8) is 0 Å². The van der Waals surface area contributed by atoms with E-state index in [0.717, 1.165) is 11.1 Å². The van der Waals surface area contributed by atoms with Crippen molar-refractivity contribution in [2.45, 2.75) is 6.92 Å². The van der Waals surface area contributed by atoms with Crippen LogP contribution in [0.25, 0.3) is 22.0 Å². The number of nitrogens with zero attached hydrogens (tertiary/aromatic N) is 3. The standard InChI is InChI=1S/C16H13ClN4O2S/c1-9-2-4-10(5-3-9)14-19-15(24-20-14)11-6-7-12(17)13(8-11)21(18)16(22)23/h2-8H,18H2,1H3,(H,22,23). The fourth-order valence-corrected chi connectivity index (χ4v) is 2.98. The van der Waals surface area contributed by atoms with E-state index in [1.807, 2.05) is 31.2 Å². The van der Waals surface area contributed by atoms with Crippen LogP contribution in [-0.4, -0.2) is 20.6 Å². The van der Waals surface area contributed by atoms with E-state index in [1.54, 1.807) is 18.2 Å². The molecule has 1 aromatic heterocycles. The molecule has 0 aliphatic heterocycles. The second-order valence-corrected chi connectivity index (χ2v) is 6.27. The molecule has 3 aromatic rings. The Morgan fingerprint density at radius 3 is 2.54 bits per heavy atom. The van der Waals surface area contributed by atoms with Crippen LogP contribution in [0.4, 0.5) is 10.5 Å². The van der Waals surface area contributed by atoms with E-state index < -0.39 is 6.09 Å². The molecule has 0 spiro atoms. The molecule has 0 aliphatic rings. The van der Waals surface area contributed by atoms with Crippen molar-refractivity contribution < 1.29 is 9.90 Å². The Labute approximate surface area is 147 Å². The van der Waals surface area contributed by atoms with E-state index in [4.69, 9.17) is 22.6 Å². The van der Waals surface area contributed by atoms with Gasteiger partial charge in [0.25, 0.3) is 0 Å². The third kappa shape index (κ3) is 3.23. The first-order valence-corrected chi connectivity index (χ1v) is 8.09. The fourth-order valence-electron chi connectivity index (χ4n) is 2.09. The molecule has 0 fully saturated rings. The first-order chi connectivity index (χ1) is 11.5. The zero-order valence-corrected chi connectivity index (χ0v) is 14.2. The van der Waals surface area contributed by atoms with Gasteiger partial charge in [-0.1, -0.05) is 47.5 Å². The summed E-state index contributed by atoms with van der Waals surface area (Å²) in [6.45, 7) is 2.01. The normalized spacial score (nSPS) is 10.6. The van der Waals surface area contributed by atoms with Crippen LogP contribution in [0.5, 0.6) is 0 Å². The van der Waals surface area contributed by atoms with Crippen LogP contribution >= 0.6 is 23.1 Å². The number of halogens is 1. The van der Waals surface area contributed by atoms with Crippen LogP contribution < -0.4 is 10.9 Å². The topological polar surface area (TPSA) is 92.3 Å². The minimum atomic E-state index is -1.30. The van der Waals surface area contributed by atoms with Crippen LogP contribution in [-0.2, 0) is 0 Å². The van der Waals surface area contributed by atoms with E-state index in [9.17, 15) is 4.79 Å². The predicted octanol–water partition coefficient (Wildman–Crippen LogP) is 4.19. The van der Waals surface area contributed by atoms with Gasteiger partial charge in [-0.15, -0.1) is 0 Å². The first kappa shape index (κ1) is 16.4. The van der Waals surface area contributed by atoms with Crippen LogP contribution in [0.1, 0.15) is 5.56 Å². The summed E-state index contributed by atoms with van der Waals surface area (Å²) in [5.41, 5.74) is 2.97. The molecule has 0 aliphatic carbocycles. The predicted molar refractivity (Wildman–Crippen MR) is 95.2 cm³/mol. The second-order valence-electron chi connectivity index (χ2n) is 5.11. The van der Waals surface area contributed by atoms with Gasteiger partial charge in [-0.25, -0.2) is 20.6 Å². The van der Waals surface area contributed by atoms with Gasteiger partial charge in [0.1, 0.15) is 5.01 Å². The van der Waals surface area contributed by atoms with Crippen molar-refractivity contribution in [1.82, 2.24) is 9.36 Å². The Balaban J connectivity index is 1.97. The lowest BCUT2D eigenvalue weighted by atomic mass is 10.1. The van der Waals surface area contributed by atoms with Crippen molar-refractivity contribution in [2.24, 2.45) is 5.84 Å². The average Bonchev–Trinajstić information content (AvgIpc) is 3.05. The molecule has 0 radical (unpaired) electrons. The van der Waals surface area contributed by atoms with E-state index in [1.165, 1.54) is 11.5 Å². The summed E-state index contributed by atoms with van der Waals surface area (Å²) in [5.74, 6) is 6.13. The molecule has 0 bridgehead atoms. The maximum absolute atomic E-state index is 11.0. The number of amides is 1. The van der Waals surface area contributed by atoms with Gasteiger partial charge >= 0.3 is 6.09 Å². The highest BCUT2D eigenvalue weighted by Crippen LogP contribution is 2.32. The Morgan fingerprint density at radius 1 is 1.21 bits per heavy atom. The third-order valence-electron chi connectivity index (χ3n) is 3.39. The van der Waals surface area contributed by atoms with Gasteiger partial charge in [0.2, 0.25) is 0 Å². The molecule has 24 heavy (non-hydrogen) atoms. The van der Waals surface area contributed by atoms with Crippen molar-refractivity contribution in [3.8, 4) is 22.0 Å². The Hall–Kier alpha value is -2.48. The van der Waals surface area contributed by atoms with Gasteiger partial charge in [-0.2, -0.15) is 4.37 Å². The lowest BCUT2D eigenvalue weighted by Gasteiger charge is -2.14. The van der Waals surface area contributed by atoms with E-state index >= 15 is 0 Å². The molecule has 1 heterocycles. The molecule has 1 amide bonds. The number of hydrazine groups is 1. The molecule has 0 atom stereocenters. The third-order valence-corrected chi connectivity index (χ3v) is 4.48. The number of rotatable bonds is 3. The highest BCUT2D eigenvalue weighted by Gasteiger charge is 2.16. The molecule has 0 saturated heterocycles. The number of hydrogen-bond donors (Lipinski definition) is 2. The summed E-state index contributed by atoms with van der Waals surface area (Å²) >= 11 is 7.25.